The molecule has 0 unspecified atom stereocenters. The molecule has 0 amide bonds. The first kappa shape index (κ1) is 13.1. The van der Waals surface area contributed by atoms with Crippen LogP contribution in [0.3, 0.4) is 0 Å². The summed E-state index contributed by atoms with van der Waals surface area (Å²) in [5.74, 6) is 6.26. The molecule has 0 aromatic heterocycles. The predicted octanol–water partition coefficient (Wildman–Crippen LogP) is 2.31. The summed E-state index contributed by atoms with van der Waals surface area (Å²) < 4.78 is 9.89. The Morgan fingerprint density at radius 2 is 2.18 bits per heavy atom. The fourth-order valence-electron chi connectivity index (χ4n) is 1.33. The van der Waals surface area contributed by atoms with Gasteiger partial charge >= 0.3 is 5.97 Å². The molecule has 0 aliphatic heterocycles. The third kappa shape index (κ3) is 4.20. The Kier molecular flexibility index (Phi) is 5.09. The SMILES string of the molecule is CCOC(=O)CC#Cc1ccc(OC)cc1C. The van der Waals surface area contributed by atoms with Crippen molar-refractivity contribution in [3.63, 3.8) is 0 Å². The predicted molar refractivity (Wildman–Crippen MR) is 65.9 cm³/mol. The van der Waals surface area contributed by atoms with Crippen LogP contribution in [0.25, 0.3) is 0 Å². The molecule has 1 aromatic carbocycles. The number of benzene rings is 1. The molecule has 0 fully saturated rings. The lowest BCUT2D eigenvalue weighted by molar-refractivity contribution is -0.141. The van der Waals surface area contributed by atoms with E-state index in [1.54, 1.807) is 14.0 Å². The summed E-state index contributed by atoms with van der Waals surface area (Å²) in [6.45, 7) is 4.12. The van der Waals surface area contributed by atoms with Crippen molar-refractivity contribution >= 4 is 5.97 Å². The van der Waals surface area contributed by atoms with E-state index in [-0.39, 0.29) is 12.4 Å². The normalized spacial score (nSPS) is 9.12. The summed E-state index contributed by atoms with van der Waals surface area (Å²) in [4.78, 5) is 11.1. The molecule has 0 saturated heterocycles. The highest BCUT2D eigenvalue weighted by Gasteiger charge is 1.98. The molecule has 0 aliphatic carbocycles. The minimum absolute atomic E-state index is 0.124. The number of ether oxygens (including phenoxy) is 2. The monoisotopic (exact) mass is 232 g/mol. The molecular formula is C14H16O3. The Morgan fingerprint density at radius 3 is 2.76 bits per heavy atom. The van der Waals surface area contributed by atoms with Crippen molar-refractivity contribution < 1.29 is 14.3 Å². The maximum absolute atomic E-state index is 11.1. The van der Waals surface area contributed by atoms with Gasteiger partial charge < -0.3 is 9.47 Å². The van der Waals surface area contributed by atoms with E-state index in [1.807, 2.05) is 25.1 Å². The number of methoxy groups -OCH3 is 1. The zero-order valence-electron chi connectivity index (χ0n) is 10.4. The lowest BCUT2D eigenvalue weighted by Gasteiger charge is -2.02. The molecule has 1 rings (SSSR count). The molecule has 90 valence electrons. The van der Waals surface area contributed by atoms with Crippen molar-refractivity contribution in [1.29, 1.82) is 0 Å². The van der Waals surface area contributed by atoms with Gasteiger partial charge in [0.15, 0.2) is 0 Å². The Balaban J connectivity index is 2.69. The van der Waals surface area contributed by atoms with Crippen LogP contribution in [0, 0.1) is 18.8 Å². The van der Waals surface area contributed by atoms with Gasteiger partial charge in [0.05, 0.1) is 13.7 Å². The van der Waals surface area contributed by atoms with Crippen molar-refractivity contribution in [3.8, 4) is 17.6 Å². The maximum Gasteiger partial charge on any atom is 0.317 e. The summed E-state index contributed by atoms with van der Waals surface area (Å²) in [7, 11) is 1.63. The van der Waals surface area contributed by atoms with Crippen molar-refractivity contribution in [3.05, 3.63) is 29.3 Å². The highest BCUT2D eigenvalue weighted by Crippen LogP contribution is 2.15. The van der Waals surface area contributed by atoms with Gasteiger partial charge in [-0.1, -0.05) is 11.8 Å². The van der Waals surface area contributed by atoms with E-state index < -0.39 is 0 Å². The van der Waals surface area contributed by atoms with Crippen LogP contribution in [0.1, 0.15) is 24.5 Å². The molecule has 17 heavy (non-hydrogen) atoms. The van der Waals surface area contributed by atoms with Crippen molar-refractivity contribution in [2.75, 3.05) is 13.7 Å². The van der Waals surface area contributed by atoms with Crippen LogP contribution < -0.4 is 4.74 Å². The minimum Gasteiger partial charge on any atom is -0.497 e. The Bertz CT molecular complexity index is 452. The fourth-order valence-corrected chi connectivity index (χ4v) is 1.33. The van der Waals surface area contributed by atoms with Gasteiger partial charge in [0, 0.05) is 5.56 Å². The largest absolute Gasteiger partial charge is 0.497 e. The van der Waals surface area contributed by atoms with Gasteiger partial charge in [-0.25, -0.2) is 0 Å². The Morgan fingerprint density at radius 1 is 1.41 bits per heavy atom. The fraction of sp³-hybridized carbons (Fsp3) is 0.357. The van der Waals surface area contributed by atoms with Crippen molar-refractivity contribution in [1.82, 2.24) is 0 Å². The first-order chi connectivity index (χ1) is 8.17. The number of rotatable bonds is 3. The second-order valence-electron chi connectivity index (χ2n) is 3.46. The lowest BCUT2D eigenvalue weighted by atomic mass is 10.1. The van der Waals surface area contributed by atoms with Crippen LogP contribution >= 0.6 is 0 Å². The average Bonchev–Trinajstić information content (AvgIpc) is 2.31. The highest BCUT2D eigenvalue weighted by molar-refractivity contribution is 5.72. The highest BCUT2D eigenvalue weighted by atomic mass is 16.5. The second-order valence-corrected chi connectivity index (χ2v) is 3.46. The minimum atomic E-state index is -0.286. The van der Waals surface area contributed by atoms with Crippen LogP contribution in [0.5, 0.6) is 5.75 Å². The number of hydrogen-bond donors (Lipinski definition) is 0. The molecule has 0 spiro atoms. The molecule has 0 N–H and O–H groups in total. The van der Waals surface area contributed by atoms with Crippen LogP contribution in [0.4, 0.5) is 0 Å². The standard InChI is InChI=1S/C14H16O3/c1-4-17-14(15)7-5-6-12-8-9-13(16-3)10-11(12)2/h8-10H,4,7H2,1-3H3. The van der Waals surface area contributed by atoms with Gasteiger partial charge in [-0.15, -0.1) is 0 Å². The third-order valence-corrected chi connectivity index (χ3v) is 2.19. The summed E-state index contributed by atoms with van der Waals surface area (Å²) >= 11 is 0. The smallest absolute Gasteiger partial charge is 0.317 e. The zero-order chi connectivity index (χ0) is 12.7. The maximum atomic E-state index is 11.1. The number of hydrogen-bond acceptors (Lipinski definition) is 3. The van der Waals surface area contributed by atoms with Gasteiger partial charge in [0.2, 0.25) is 0 Å². The molecule has 0 bridgehead atoms. The quantitative estimate of drug-likeness (QED) is 0.592. The van der Waals surface area contributed by atoms with E-state index in [0.29, 0.717) is 6.61 Å². The average molecular weight is 232 g/mol. The summed E-state index contributed by atoms with van der Waals surface area (Å²) in [6.07, 6.45) is 0.124. The Labute approximate surface area is 102 Å². The molecule has 0 atom stereocenters. The van der Waals surface area contributed by atoms with E-state index in [0.717, 1.165) is 16.9 Å². The van der Waals surface area contributed by atoms with E-state index in [1.165, 1.54) is 0 Å². The van der Waals surface area contributed by atoms with Gasteiger partial charge in [0.1, 0.15) is 12.2 Å². The second kappa shape index (κ2) is 6.59. The first-order valence-electron chi connectivity index (χ1n) is 5.46. The van der Waals surface area contributed by atoms with E-state index >= 15 is 0 Å². The molecule has 0 radical (unpaired) electrons. The molecule has 0 heterocycles. The van der Waals surface area contributed by atoms with Crippen LogP contribution in [0.15, 0.2) is 18.2 Å². The molecular weight excluding hydrogens is 216 g/mol. The lowest BCUT2D eigenvalue weighted by Crippen LogP contribution is -2.01. The molecule has 3 nitrogen and oxygen atoms in total. The van der Waals surface area contributed by atoms with Crippen LogP contribution in [-0.4, -0.2) is 19.7 Å². The van der Waals surface area contributed by atoms with Gasteiger partial charge in [-0.3, -0.25) is 4.79 Å². The van der Waals surface area contributed by atoms with E-state index in [4.69, 9.17) is 9.47 Å². The number of aryl methyl sites for hydroxylation is 1. The van der Waals surface area contributed by atoms with Crippen molar-refractivity contribution in [2.24, 2.45) is 0 Å². The number of carbonyl (C=O) groups is 1. The van der Waals surface area contributed by atoms with Gasteiger partial charge in [-0.05, 0) is 37.6 Å². The summed E-state index contributed by atoms with van der Waals surface area (Å²) in [5, 5.41) is 0. The summed E-state index contributed by atoms with van der Waals surface area (Å²) in [5.41, 5.74) is 1.93. The van der Waals surface area contributed by atoms with E-state index in [9.17, 15) is 4.79 Å². The topological polar surface area (TPSA) is 35.5 Å². The number of esters is 1. The van der Waals surface area contributed by atoms with Crippen LogP contribution in [0.2, 0.25) is 0 Å². The van der Waals surface area contributed by atoms with Crippen molar-refractivity contribution in [2.45, 2.75) is 20.3 Å². The molecule has 0 aliphatic rings. The van der Waals surface area contributed by atoms with Crippen LogP contribution in [-0.2, 0) is 9.53 Å². The first-order valence-corrected chi connectivity index (χ1v) is 5.46. The van der Waals surface area contributed by atoms with Gasteiger partial charge in [0.25, 0.3) is 0 Å². The Hall–Kier alpha value is -1.95. The zero-order valence-corrected chi connectivity index (χ0v) is 10.4. The number of carbonyl (C=O) groups excluding carboxylic acids is 1. The molecule has 3 heteroatoms. The molecule has 1 aromatic rings. The summed E-state index contributed by atoms with van der Waals surface area (Å²) in [6, 6.07) is 5.64. The molecule has 0 saturated carbocycles. The van der Waals surface area contributed by atoms with Gasteiger partial charge in [-0.2, -0.15) is 0 Å². The third-order valence-electron chi connectivity index (χ3n) is 2.19. The van der Waals surface area contributed by atoms with E-state index in [2.05, 4.69) is 11.8 Å².